The van der Waals surface area contributed by atoms with Gasteiger partial charge < -0.3 is 5.11 Å². The molecule has 1 atom stereocenters. The van der Waals surface area contributed by atoms with Crippen molar-refractivity contribution in [1.29, 1.82) is 0 Å². The molecule has 0 rings (SSSR count). The molecule has 0 fully saturated rings. The predicted octanol–water partition coefficient (Wildman–Crippen LogP) is 1.28. The van der Waals surface area contributed by atoms with E-state index < -0.39 is 12.8 Å². The number of aliphatic hydroxyl groups excluding tert-OH is 1. The van der Waals surface area contributed by atoms with Crippen LogP contribution in [-0.4, -0.2) is 17.9 Å². The van der Waals surface area contributed by atoms with Gasteiger partial charge >= 0.3 is 0 Å². The van der Waals surface area contributed by atoms with E-state index in [-0.39, 0.29) is 6.42 Å². The predicted molar refractivity (Wildman–Crippen MR) is 31.4 cm³/mol. The molecule has 1 N–H and O–H groups in total. The number of hydrogen-bond acceptors (Lipinski definition) is 1. The molecule has 0 saturated heterocycles. The van der Waals surface area contributed by atoms with E-state index >= 15 is 0 Å². The molecule has 1 nitrogen and oxygen atoms in total. The summed E-state index contributed by atoms with van der Waals surface area (Å²) in [5.74, 6) is 0. The minimum absolute atomic E-state index is 0.274. The molecule has 0 aromatic rings. The minimum Gasteiger partial charge on any atom is -0.393 e. The van der Waals surface area contributed by atoms with Gasteiger partial charge in [0.15, 0.2) is 0 Å². The van der Waals surface area contributed by atoms with Crippen molar-refractivity contribution in [2.24, 2.45) is 0 Å². The summed E-state index contributed by atoms with van der Waals surface area (Å²) in [4.78, 5) is 0. The Balaban J connectivity index is 3.24. The molecule has 0 spiro atoms. The fraction of sp³-hybridized carbons (Fsp3) is 0.667. The topological polar surface area (TPSA) is 20.2 Å². The summed E-state index contributed by atoms with van der Waals surface area (Å²) in [7, 11) is 0. The van der Waals surface area contributed by atoms with Crippen molar-refractivity contribution in [3.63, 3.8) is 0 Å². The van der Waals surface area contributed by atoms with Crippen molar-refractivity contribution in [1.82, 2.24) is 0 Å². The Kier molecular flexibility index (Phi) is 3.44. The monoisotopic (exact) mass is 118 g/mol. The maximum atomic E-state index is 12.1. The summed E-state index contributed by atoms with van der Waals surface area (Å²) >= 11 is 0. The highest BCUT2D eigenvalue weighted by molar-refractivity contribution is 4.90. The molecule has 0 unspecified atom stereocenters. The van der Waals surface area contributed by atoms with Crippen molar-refractivity contribution in [2.75, 3.05) is 6.61 Å². The van der Waals surface area contributed by atoms with Crippen LogP contribution in [0, 0.1) is 0 Å². The summed E-state index contributed by atoms with van der Waals surface area (Å²) in [6, 6.07) is 0. The zero-order chi connectivity index (χ0) is 6.57. The number of rotatable bonds is 3. The third kappa shape index (κ3) is 3.81. The van der Waals surface area contributed by atoms with E-state index in [1.54, 1.807) is 6.92 Å². The van der Waals surface area contributed by atoms with Crippen molar-refractivity contribution in [3.05, 3.63) is 12.2 Å². The van der Waals surface area contributed by atoms with Crippen LogP contribution >= 0.6 is 0 Å². The average molecular weight is 118 g/mol. The lowest BCUT2D eigenvalue weighted by atomic mass is 10.2. The number of halogens is 1. The second-order valence-corrected chi connectivity index (χ2v) is 1.94. The normalized spacial score (nSPS) is 13.4. The van der Waals surface area contributed by atoms with E-state index in [0.29, 0.717) is 0 Å². The van der Waals surface area contributed by atoms with E-state index in [4.69, 9.17) is 5.11 Å². The van der Waals surface area contributed by atoms with Crippen LogP contribution in [0.15, 0.2) is 12.2 Å². The molecule has 0 aromatic carbocycles. The maximum absolute atomic E-state index is 12.1. The lowest BCUT2D eigenvalue weighted by molar-refractivity contribution is 0.177. The van der Waals surface area contributed by atoms with E-state index in [1.165, 1.54) is 0 Å². The van der Waals surface area contributed by atoms with Crippen LogP contribution in [-0.2, 0) is 0 Å². The van der Waals surface area contributed by atoms with Gasteiger partial charge in [0.05, 0.1) is 6.61 Å². The van der Waals surface area contributed by atoms with Gasteiger partial charge in [0.2, 0.25) is 0 Å². The minimum atomic E-state index is -1.12. The van der Waals surface area contributed by atoms with E-state index in [2.05, 4.69) is 6.58 Å². The van der Waals surface area contributed by atoms with Crippen molar-refractivity contribution >= 4 is 0 Å². The van der Waals surface area contributed by atoms with Gasteiger partial charge in [-0.25, -0.2) is 4.39 Å². The molecule has 0 saturated carbocycles. The van der Waals surface area contributed by atoms with Crippen LogP contribution in [0.3, 0.4) is 0 Å². The first-order chi connectivity index (χ1) is 3.66. The maximum Gasteiger partial charge on any atom is 0.127 e. The second-order valence-electron chi connectivity index (χ2n) is 1.94. The van der Waals surface area contributed by atoms with Crippen LogP contribution in [0.25, 0.3) is 0 Å². The van der Waals surface area contributed by atoms with Gasteiger partial charge in [-0.3, -0.25) is 0 Å². The molecule has 2 heteroatoms. The number of hydrogen-bond donors (Lipinski definition) is 1. The molecule has 0 aliphatic carbocycles. The summed E-state index contributed by atoms with van der Waals surface area (Å²) in [5, 5.41) is 8.17. The molecule has 0 bridgehead atoms. The summed E-state index contributed by atoms with van der Waals surface area (Å²) in [6.07, 6.45) is -0.844. The molecule has 0 aromatic heterocycles. The van der Waals surface area contributed by atoms with Gasteiger partial charge in [-0.1, -0.05) is 5.57 Å². The Morgan fingerprint density at radius 2 is 2.38 bits per heavy atom. The summed E-state index contributed by atoms with van der Waals surface area (Å²) < 4.78 is 12.1. The molecule has 0 aliphatic heterocycles. The first-order valence-electron chi connectivity index (χ1n) is 2.56. The van der Waals surface area contributed by atoms with Gasteiger partial charge in [0, 0.05) is 6.42 Å². The smallest absolute Gasteiger partial charge is 0.127 e. The van der Waals surface area contributed by atoms with Crippen LogP contribution < -0.4 is 0 Å². The number of aliphatic hydroxyl groups is 1. The third-order valence-electron chi connectivity index (χ3n) is 0.768. The van der Waals surface area contributed by atoms with Gasteiger partial charge in [-0.2, -0.15) is 0 Å². The summed E-state index contributed by atoms with van der Waals surface area (Å²) in [5.41, 5.74) is 0.770. The SMILES string of the molecule is C=C(C)C[C@@H](F)CO. The van der Waals surface area contributed by atoms with E-state index in [1.807, 2.05) is 0 Å². The van der Waals surface area contributed by atoms with E-state index in [9.17, 15) is 4.39 Å². The average Bonchev–Trinajstić information content (AvgIpc) is 1.65. The number of allylic oxidation sites excluding steroid dienone is 1. The number of alkyl halides is 1. The lowest BCUT2D eigenvalue weighted by Gasteiger charge is -2.00. The Hall–Kier alpha value is -0.370. The zero-order valence-electron chi connectivity index (χ0n) is 5.02. The molecule has 48 valence electrons. The fourth-order valence-corrected chi connectivity index (χ4v) is 0.443. The zero-order valence-corrected chi connectivity index (χ0v) is 5.02. The van der Waals surface area contributed by atoms with Gasteiger partial charge in [-0.15, -0.1) is 6.58 Å². The highest BCUT2D eigenvalue weighted by Crippen LogP contribution is 2.03. The molecule has 8 heavy (non-hydrogen) atoms. The molecular weight excluding hydrogens is 107 g/mol. The Morgan fingerprint density at radius 1 is 1.88 bits per heavy atom. The molecular formula is C6H11FO. The quantitative estimate of drug-likeness (QED) is 0.553. The van der Waals surface area contributed by atoms with Gasteiger partial charge in [-0.05, 0) is 6.92 Å². The highest BCUT2D eigenvalue weighted by atomic mass is 19.1. The molecule has 0 heterocycles. The van der Waals surface area contributed by atoms with Gasteiger partial charge in [0.25, 0.3) is 0 Å². The van der Waals surface area contributed by atoms with Crippen molar-refractivity contribution in [3.8, 4) is 0 Å². The van der Waals surface area contributed by atoms with Gasteiger partial charge in [0.1, 0.15) is 6.17 Å². The van der Waals surface area contributed by atoms with Crippen LogP contribution in [0.2, 0.25) is 0 Å². The first-order valence-corrected chi connectivity index (χ1v) is 2.56. The summed E-state index contributed by atoms with van der Waals surface area (Å²) in [6.45, 7) is 4.83. The fourth-order valence-electron chi connectivity index (χ4n) is 0.443. The van der Waals surface area contributed by atoms with Crippen molar-refractivity contribution < 1.29 is 9.50 Å². The second kappa shape index (κ2) is 3.61. The van der Waals surface area contributed by atoms with Crippen LogP contribution in [0.4, 0.5) is 4.39 Å². The van der Waals surface area contributed by atoms with Crippen LogP contribution in [0.5, 0.6) is 0 Å². The van der Waals surface area contributed by atoms with Crippen molar-refractivity contribution in [2.45, 2.75) is 19.5 Å². The molecule has 0 radical (unpaired) electrons. The Bertz CT molecular complexity index is 80.6. The standard InChI is InChI=1S/C6H11FO/c1-5(2)3-6(7)4-8/h6,8H,1,3-4H2,2H3/t6-/m1/s1. The molecule has 0 aliphatic rings. The third-order valence-corrected chi connectivity index (χ3v) is 0.768. The lowest BCUT2D eigenvalue weighted by Crippen LogP contribution is -2.05. The molecule has 0 amide bonds. The first kappa shape index (κ1) is 7.63. The Labute approximate surface area is 48.8 Å². The largest absolute Gasteiger partial charge is 0.393 e. The van der Waals surface area contributed by atoms with E-state index in [0.717, 1.165) is 5.57 Å². The highest BCUT2D eigenvalue weighted by Gasteiger charge is 2.01. The Morgan fingerprint density at radius 3 is 2.50 bits per heavy atom. The van der Waals surface area contributed by atoms with Crippen LogP contribution in [0.1, 0.15) is 13.3 Å².